The third kappa shape index (κ3) is 4.50. The summed E-state index contributed by atoms with van der Waals surface area (Å²) in [6.07, 6.45) is 0. The van der Waals surface area contributed by atoms with E-state index in [9.17, 15) is 0 Å². The molecular weight excluding hydrogens is 262 g/mol. The van der Waals surface area contributed by atoms with Crippen LogP contribution >= 0.6 is 0 Å². The van der Waals surface area contributed by atoms with E-state index in [1.807, 2.05) is 49.4 Å². The first-order valence-corrected chi connectivity index (χ1v) is 7.48. The summed E-state index contributed by atoms with van der Waals surface area (Å²) in [7, 11) is 0. The molecule has 0 fully saturated rings. The number of rotatable bonds is 8. The SMILES string of the molecule is CCNC(COc1ccccc1OCC)c1ccccc1. The van der Waals surface area contributed by atoms with E-state index < -0.39 is 0 Å². The fourth-order valence-electron chi connectivity index (χ4n) is 2.22. The van der Waals surface area contributed by atoms with E-state index in [2.05, 4.69) is 24.4 Å². The fourth-order valence-corrected chi connectivity index (χ4v) is 2.22. The van der Waals surface area contributed by atoms with Crippen molar-refractivity contribution in [1.29, 1.82) is 0 Å². The summed E-state index contributed by atoms with van der Waals surface area (Å²) in [4.78, 5) is 0. The Balaban J connectivity index is 2.05. The van der Waals surface area contributed by atoms with Crippen LogP contribution in [0.15, 0.2) is 54.6 Å². The van der Waals surface area contributed by atoms with Gasteiger partial charge >= 0.3 is 0 Å². The fraction of sp³-hybridized carbons (Fsp3) is 0.333. The van der Waals surface area contributed by atoms with E-state index in [-0.39, 0.29) is 6.04 Å². The minimum Gasteiger partial charge on any atom is -0.490 e. The highest BCUT2D eigenvalue weighted by Gasteiger charge is 2.12. The maximum Gasteiger partial charge on any atom is 0.161 e. The Bertz CT molecular complexity index is 528. The van der Waals surface area contributed by atoms with Gasteiger partial charge in [-0.3, -0.25) is 0 Å². The minimum atomic E-state index is 0.172. The third-order valence-corrected chi connectivity index (χ3v) is 3.21. The van der Waals surface area contributed by atoms with Crippen molar-refractivity contribution in [2.45, 2.75) is 19.9 Å². The summed E-state index contributed by atoms with van der Waals surface area (Å²) >= 11 is 0. The lowest BCUT2D eigenvalue weighted by atomic mass is 10.1. The van der Waals surface area contributed by atoms with Crippen molar-refractivity contribution in [2.24, 2.45) is 0 Å². The van der Waals surface area contributed by atoms with E-state index in [0.29, 0.717) is 13.2 Å². The normalized spacial score (nSPS) is 11.9. The Hall–Kier alpha value is -2.00. The van der Waals surface area contributed by atoms with Crippen LogP contribution in [-0.2, 0) is 0 Å². The molecule has 3 nitrogen and oxygen atoms in total. The van der Waals surface area contributed by atoms with Gasteiger partial charge < -0.3 is 14.8 Å². The first-order chi connectivity index (χ1) is 10.3. The van der Waals surface area contributed by atoms with Crippen molar-refractivity contribution in [3.05, 3.63) is 60.2 Å². The van der Waals surface area contributed by atoms with Gasteiger partial charge in [-0.2, -0.15) is 0 Å². The highest BCUT2D eigenvalue weighted by atomic mass is 16.5. The molecule has 2 aromatic rings. The monoisotopic (exact) mass is 285 g/mol. The van der Waals surface area contributed by atoms with Crippen LogP contribution in [0.4, 0.5) is 0 Å². The van der Waals surface area contributed by atoms with Gasteiger partial charge in [0.05, 0.1) is 12.6 Å². The zero-order valence-electron chi connectivity index (χ0n) is 12.7. The van der Waals surface area contributed by atoms with Crippen LogP contribution in [0.3, 0.4) is 0 Å². The van der Waals surface area contributed by atoms with E-state index in [1.54, 1.807) is 0 Å². The number of benzene rings is 2. The molecule has 0 saturated heterocycles. The Kier molecular flexibility index (Phi) is 6.10. The lowest BCUT2D eigenvalue weighted by Crippen LogP contribution is -2.26. The molecule has 2 rings (SSSR count). The van der Waals surface area contributed by atoms with Crippen LogP contribution in [-0.4, -0.2) is 19.8 Å². The predicted molar refractivity (Wildman–Crippen MR) is 86.0 cm³/mol. The van der Waals surface area contributed by atoms with Crippen molar-refractivity contribution in [3.63, 3.8) is 0 Å². The largest absolute Gasteiger partial charge is 0.490 e. The Morgan fingerprint density at radius 1 is 0.857 bits per heavy atom. The highest BCUT2D eigenvalue weighted by molar-refractivity contribution is 5.39. The zero-order chi connectivity index (χ0) is 14.9. The molecule has 3 heteroatoms. The van der Waals surface area contributed by atoms with Crippen LogP contribution in [0.2, 0.25) is 0 Å². The van der Waals surface area contributed by atoms with Gasteiger partial charge in [0.2, 0.25) is 0 Å². The van der Waals surface area contributed by atoms with Crippen LogP contribution in [0.5, 0.6) is 11.5 Å². The van der Waals surface area contributed by atoms with Gasteiger partial charge in [0.1, 0.15) is 6.61 Å². The zero-order valence-corrected chi connectivity index (χ0v) is 12.7. The second-order valence-corrected chi connectivity index (χ2v) is 4.71. The molecular formula is C18H23NO2. The van der Waals surface area contributed by atoms with Crippen LogP contribution < -0.4 is 14.8 Å². The van der Waals surface area contributed by atoms with Gasteiger partial charge in [0.15, 0.2) is 11.5 Å². The maximum absolute atomic E-state index is 5.97. The molecule has 1 N–H and O–H groups in total. The lowest BCUT2D eigenvalue weighted by molar-refractivity contribution is 0.247. The van der Waals surface area contributed by atoms with Gasteiger partial charge in [-0.1, -0.05) is 49.4 Å². The summed E-state index contributed by atoms with van der Waals surface area (Å²) in [6.45, 7) is 6.18. The first-order valence-electron chi connectivity index (χ1n) is 7.48. The molecule has 0 aliphatic carbocycles. The molecule has 21 heavy (non-hydrogen) atoms. The summed E-state index contributed by atoms with van der Waals surface area (Å²) in [6, 6.07) is 18.3. The van der Waals surface area contributed by atoms with E-state index >= 15 is 0 Å². The molecule has 0 aliphatic heterocycles. The molecule has 0 saturated carbocycles. The molecule has 1 atom stereocenters. The molecule has 0 heterocycles. The number of hydrogen-bond donors (Lipinski definition) is 1. The lowest BCUT2D eigenvalue weighted by Gasteiger charge is -2.20. The predicted octanol–water partition coefficient (Wildman–Crippen LogP) is 3.81. The van der Waals surface area contributed by atoms with E-state index in [0.717, 1.165) is 18.0 Å². The van der Waals surface area contributed by atoms with Crippen molar-refractivity contribution < 1.29 is 9.47 Å². The highest BCUT2D eigenvalue weighted by Crippen LogP contribution is 2.27. The van der Waals surface area contributed by atoms with Crippen molar-refractivity contribution in [1.82, 2.24) is 5.32 Å². The van der Waals surface area contributed by atoms with Crippen molar-refractivity contribution >= 4 is 0 Å². The van der Waals surface area contributed by atoms with Crippen LogP contribution in [0.1, 0.15) is 25.5 Å². The van der Waals surface area contributed by atoms with Gasteiger partial charge in [-0.15, -0.1) is 0 Å². The molecule has 0 spiro atoms. The molecule has 2 aromatic carbocycles. The summed E-state index contributed by atoms with van der Waals surface area (Å²) in [5.74, 6) is 1.58. The minimum absolute atomic E-state index is 0.172. The quantitative estimate of drug-likeness (QED) is 0.800. The second-order valence-electron chi connectivity index (χ2n) is 4.71. The average molecular weight is 285 g/mol. The smallest absolute Gasteiger partial charge is 0.161 e. The Morgan fingerprint density at radius 3 is 2.10 bits per heavy atom. The number of para-hydroxylation sites is 2. The molecule has 0 aromatic heterocycles. The van der Waals surface area contributed by atoms with Crippen LogP contribution in [0.25, 0.3) is 0 Å². The molecule has 0 radical (unpaired) electrons. The van der Waals surface area contributed by atoms with E-state index in [1.165, 1.54) is 5.56 Å². The molecule has 0 bridgehead atoms. The van der Waals surface area contributed by atoms with Crippen molar-refractivity contribution in [2.75, 3.05) is 19.8 Å². The molecule has 0 aliphatic rings. The first kappa shape index (κ1) is 15.4. The van der Waals surface area contributed by atoms with Crippen LogP contribution in [0, 0.1) is 0 Å². The average Bonchev–Trinajstić information content (AvgIpc) is 2.54. The number of ether oxygens (including phenoxy) is 2. The van der Waals surface area contributed by atoms with Gasteiger partial charge in [0, 0.05) is 0 Å². The van der Waals surface area contributed by atoms with E-state index in [4.69, 9.17) is 9.47 Å². The van der Waals surface area contributed by atoms with Crippen molar-refractivity contribution in [3.8, 4) is 11.5 Å². The van der Waals surface area contributed by atoms with Gasteiger partial charge in [-0.05, 0) is 31.2 Å². The van der Waals surface area contributed by atoms with Gasteiger partial charge in [0.25, 0.3) is 0 Å². The maximum atomic E-state index is 5.97. The second kappa shape index (κ2) is 8.32. The summed E-state index contributed by atoms with van der Waals surface area (Å²) in [5.41, 5.74) is 1.23. The topological polar surface area (TPSA) is 30.5 Å². The summed E-state index contributed by atoms with van der Waals surface area (Å²) in [5, 5.41) is 3.45. The number of likely N-dealkylation sites (N-methyl/N-ethyl adjacent to an activating group) is 1. The number of hydrogen-bond acceptors (Lipinski definition) is 3. The Morgan fingerprint density at radius 2 is 1.48 bits per heavy atom. The molecule has 0 amide bonds. The third-order valence-electron chi connectivity index (χ3n) is 3.21. The number of nitrogens with one attached hydrogen (secondary N) is 1. The van der Waals surface area contributed by atoms with Gasteiger partial charge in [-0.25, -0.2) is 0 Å². The molecule has 112 valence electrons. The molecule has 1 unspecified atom stereocenters. The standard InChI is InChI=1S/C18H23NO2/c1-3-19-16(15-10-6-5-7-11-15)14-21-18-13-9-8-12-17(18)20-4-2/h5-13,16,19H,3-4,14H2,1-2H3. The summed E-state index contributed by atoms with van der Waals surface area (Å²) < 4.78 is 11.6. The Labute approximate surface area is 126 Å².